The highest BCUT2D eigenvalue weighted by molar-refractivity contribution is 5.62. The first-order valence-electron chi connectivity index (χ1n) is 11.3. The van der Waals surface area contributed by atoms with Gasteiger partial charge >= 0.3 is 0 Å². The summed E-state index contributed by atoms with van der Waals surface area (Å²) in [6, 6.07) is 5.95. The Morgan fingerprint density at radius 3 is 2.56 bits per heavy atom. The van der Waals surface area contributed by atoms with Gasteiger partial charge in [-0.05, 0) is 56.6 Å². The molecule has 9 heteroatoms. The summed E-state index contributed by atoms with van der Waals surface area (Å²) in [4.78, 5) is 9.07. The van der Waals surface area contributed by atoms with Crippen LogP contribution in [0, 0.1) is 6.92 Å². The first-order valence-corrected chi connectivity index (χ1v) is 11.3. The molecule has 4 aromatic rings. The van der Waals surface area contributed by atoms with Crippen LogP contribution in [0.4, 0.5) is 0 Å². The topological polar surface area (TPSA) is 104 Å². The van der Waals surface area contributed by atoms with Crippen molar-refractivity contribution in [2.24, 2.45) is 0 Å². The minimum absolute atomic E-state index is 0.156. The fraction of sp³-hybridized carbons (Fsp3) is 0.478. The molecule has 2 bridgehead atoms. The van der Waals surface area contributed by atoms with Gasteiger partial charge in [0.2, 0.25) is 11.7 Å². The Bertz CT molecular complexity index is 1300. The van der Waals surface area contributed by atoms with E-state index in [9.17, 15) is 0 Å². The standard InChI is InChI=1S/C23H25N7O2/c1-12(2)19-25-23(32-29-19)21-27-26-20-17-14-7-9-15(10-8-14)18(17)22(28-30(20)21)31-11-16-6-4-5-13(3)24-16/h4-6,12,14-15H,7-11H2,1-3H3. The van der Waals surface area contributed by atoms with Crippen molar-refractivity contribution in [2.75, 3.05) is 0 Å². The molecule has 0 N–H and O–H groups in total. The lowest BCUT2D eigenvalue weighted by atomic mass is 9.67. The van der Waals surface area contributed by atoms with E-state index >= 15 is 0 Å². The van der Waals surface area contributed by atoms with Crippen molar-refractivity contribution < 1.29 is 9.26 Å². The molecule has 7 rings (SSSR count). The zero-order valence-electron chi connectivity index (χ0n) is 18.4. The number of aryl methyl sites for hydroxylation is 1. The third kappa shape index (κ3) is 3.06. The molecule has 4 aromatic heterocycles. The molecule has 0 aliphatic heterocycles. The van der Waals surface area contributed by atoms with Crippen molar-refractivity contribution in [2.45, 2.75) is 70.8 Å². The van der Waals surface area contributed by atoms with Crippen LogP contribution in [-0.2, 0) is 6.61 Å². The predicted molar refractivity (Wildman–Crippen MR) is 115 cm³/mol. The van der Waals surface area contributed by atoms with Crippen LogP contribution in [0.25, 0.3) is 17.4 Å². The second-order valence-electron chi connectivity index (χ2n) is 9.11. The third-order valence-electron chi connectivity index (χ3n) is 6.59. The minimum atomic E-state index is 0.156. The maximum atomic E-state index is 6.29. The van der Waals surface area contributed by atoms with Crippen LogP contribution in [0.1, 0.15) is 85.6 Å². The lowest BCUT2D eigenvalue weighted by molar-refractivity contribution is 0.264. The van der Waals surface area contributed by atoms with Crippen LogP contribution in [0.15, 0.2) is 22.7 Å². The van der Waals surface area contributed by atoms with Gasteiger partial charge in [0, 0.05) is 22.7 Å². The Hall–Kier alpha value is -3.36. The Morgan fingerprint density at radius 2 is 1.84 bits per heavy atom. The first-order chi connectivity index (χ1) is 15.6. The van der Waals surface area contributed by atoms with E-state index in [2.05, 4.69) is 25.3 Å². The zero-order chi connectivity index (χ0) is 21.8. The van der Waals surface area contributed by atoms with Crippen LogP contribution in [-0.4, -0.2) is 34.9 Å². The minimum Gasteiger partial charge on any atom is -0.470 e. The molecule has 1 saturated carbocycles. The number of aromatic nitrogens is 7. The highest BCUT2D eigenvalue weighted by Crippen LogP contribution is 2.53. The average Bonchev–Trinajstić information content (AvgIpc) is 3.45. The van der Waals surface area contributed by atoms with E-state index in [4.69, 9.17) is 14.4 Å². The van der Waals surface area contributed by atoms with E-state index in [1.54, 1.807) is 4.52 Å². The molecule has 1 fully saturated rings. The second-order valence-corrected chi connectivity index (χ2v) is 9.11. The van der Waals surface area contributed by atoms with Gasteiger partial charge in [0.1, 0.15) is 6.61 Å². The molecule has 0 saturated heterocycles. The van der Waals surface area contributed by atoms with Crippen molar-refractivity contribution in [1.29, 1.82) is 0 Å². The van der Waals surface area contributed by atoms with Crippen molar-refractivity contribution in [3.05, 3.63) is 46.5 Å². The van der Waals surface area contributed by atoms with E-state index in [-0.39, 0.29) is 5.92 Å². The van der Waals surface area contributed by atoms with Gasteiger partial charge in [-0.3, -0.25) is 4.98 Å². The monoisotopic (exact) mass is 431 g/mol. The molecule has 164 valence electrons. The van der Waals surface area contributed by atoms with Gasteiger partial charge in [-0.15, -0.1) is 15.3 Å². The van der Waals surface area contributed by atoms with E-state index in [1.165, 1.54) is 11.1 Å². The Balaban J connectivity index is 1.47. The van der Waals surface area contributed by atoms with E-state index < -0.39 is 0 Å². The Labute approximate surface area is 185 Å². The van der Waals surface area contributed by atoms with Crippen LogP contribution < -0.4 is 4.74 Å². The molecule has 3 aliphatic carbocycles. The fourth-order valence-corrected chi connectivity index (χ4v) is 5.01. The van der Waals surface area contributed by atoms with Crippen molar-refractivity contribution in [3.8, 4) is 17.6 Å². The average molecular weight is 432 g/mol. The first kappa shape index (κ1) is 19.3. The van der Waals surface area contributed by atoms with Crippen LogP contribution in [0.2, 0.25) is 0 Å². The van der Waals surface area contributed by atoms with Gasteiger partial charge < -0.3 is 9.26 Å². The molecule has 32 heavy (non-hydrogen) atoms. The summed E-state index contributed by atoms with van der Waals surface area (Å²) in [6.07, 6.45) is 4.65. The van der Waals surface area contributed by atoms with E-state index in [0.717, 1.165) is 42.7 Å². The molecular formula is C23H25N7O2. The second kappa shape index (κ2) is 7.36. The summed E-state index contributed by atoms with van der Waals surface area (Å²) in [5.74, 6) is 3.09. The molecule has 4 heterocycles. The lowest BCUT2D eigenvalue weighted by Crippen LogP contribution is -2.25. The largest absolute Gasteiger partial charge is 0.470 e. The van der Waals surface area contributed by atoms with Gasteiger partial charge in [-0.1, -0.05) is 25.1 Å². The molecule has 0 spiro atoms. The molecule has 0 amide bonds. The molecular weight excluding hydrogens is 406 g/mol. The van der Waals surface area contributed by atoms with Gasteiger partial charge in [0.25, 0.3) is 5.89 Å². The molecule has 0 aromatic carbocycles. The van der Waals surface area contributed by atoms with Crippen LogP contribution in [0.3, 0.4) is 0 Å². The summed E-state index contributed by atoms with van der Waals surface area (Å²) in [5, 5.41) is 17.8. The number of rotatable bonds is 5. The van der Waals surface area contributed by atoms with Gasteiger partial charge in [0.05, 0.1) is 5.69 Å². The number of hydrogen-bond donors (Lipinski definition) is 0. The Kier molecular flexibility index (Phi) is 4.44. The zero-order valence-corrected chi connectivity index (χ0v) is 18.4. The summed E-state index contributed by atoms with van der Waals surface area (Å²) in [7, 11) is 0. The van der Waals surface area contributed by atoms with Crippen LogP contribution in [0.5, 0.6) is 5.88 Å². The number of fused-ring (bicyclic) bond motifs is 3. The molecule has 0 atom stereocenters. The quantitative estimate of drug-likeness (QED) is 0.460. The number of hydrogen-bond acceptors (Lipinski definition) is 8. The maximum absolute atomic E-state index is 6.29. The molecule has 0 unspecified atom stereocenters. The SMILES string of the molecule is Cc1cccc(COc2nn3c(-c4nc(C(C)C)no4)nnc3c3c2C2CCC3CC2)n1. The lowest BCUT2D eigenvalue weighted by Gasteiger charge is -2.38. The summed E-state index contributed by atoms with van der Waals surface area (Å²) < 4.78 is 13.5. The van der Waals surface area contributed by atoms with Crippen LogP contribution >= 0.6 is 0 Å². The maximum Gasteiger partial charge on any atom is 0.297 e. The number of nitrogens with zero attached hydrogens (tertiary/aromatic N) is 7. The Morgan fingerprint density at radius 1 is 1.06 bits per heavy atom. The number of pyridine rings is 1. The molecule has 0 radical (unpaired) electrons. The fourth-order valence-electron chi connectivity index (χ4n) is 5.01. The number of ether oxygens (including phenoxy) is 1. The smallest absolute Gasteiger partial charge is 0.297 e. The van der Waals surface area contributed by atoms with E-state index in [0.29, 0.717) is 41.9 Å². The van der Waals surface area contributed by atoms with Gasteiger partial charge in [0.15, 0.2) is 11.5 Å². The van der Waals surface area contributed by atoms with Crippen molar-refractivity contribution in [3.63, 3.8) is 0 Å². The highest BCUT2D eigenvalue weighted by Gasteiger charge is 2.39. The summed E-state index contributed by atoms with van der Waals surface area (Å²) in [6.45, 7) is 6.38. The van der Waals surface area contributed by atoms with Crippen molar-refractivity contribution >= 4 is 5.65 Å². The molecule has 3 aliphatic rings. The predicted octanol–water partition coefficient (Wildman–Crippen LogP) is 4.33. The van der Waals surface area contributed by atoms with E-state index in [1.807, 2.05) is 39.0 Å². The summed E-state index contributed by atoms with van der Waals surface area (Å²) >= 11 is 0. The summed E-state index contributed by atoms with van der Waals surface area (Å²) in [5.41, 5.74) is 5.03. The van der Waals surface area contributed by atoms with Crippen molar-refractivity contribution in [1.82, 2.24) is 34.9 Å². The van der Waals surface area contributed by atoms with Gasteiger partial charge in [-0.2, -0.15) is 9.50 Å². The normalized spacial score (nSPS) is 19.6. The van der Waals surface area contributed by atoms with Gasteiger partial charge in [-0.25, -0.2) is 0 Å². The highest BCUT2D eigenvalue weighted by atomic mass is 16.5. The molecule has 9 nitrogen and oxygen atoms in total. The third-order valence-corrected chi connectivity index (χ3v) is 6.59.